The highest BCUT2D eigenvalue weighted by Gasteiger charge is 2.54. The lowest BCUT2D eigenvalue weighted by molar-refractivity contribution is -0.153. The molecule has 0 aromatic heterocycles. The number of carboxylic acids is 1. The molecule has 6 nitrogen and oxygen atoms in total. The summed E-state index contributed by atoms with van der Waals surface area (Å²) in [6, 6.07) is 0. The van der Waals surface area contributed by atoms with E-state index < -0.39 is 34.9 Å². The third-order valence-corrected chi connectivity index (χ3v) is 7.43. The first-order valence-electron chi connectivity index (χ1n) is 10.5. The van der Waals surface area contributed by atoms with Gasteiger partial charge in [-0.15, -0.1) is 0 Å². The van der Waals surface area contributed by atoms with Gasteiger partial charge in [0.25, 0.3) is 0 Å². The molecule has 0 radical (unpaired) electrons. The van der Waals surface area contributed by atoms with E-state index in [1.807, 2.05) is 52.0 Å². The van der Waals surface area contributed by atoms with Crippen LogP contribution in [-0.4, -0.2) is 39.6 Å². The van der Waals surface area contributed by atoms with Crippen molar-refractivity contribution in [3.8, 4) is 0 Å². The number of ether oxygens (including phenoxy) is 1. The van der Waals surface area contributed by atoms with Crippen LogP contribution < -0.4 is 0 Å². The maximum absolute atomic E-state index is 12.3. The van der Waals surface area contributed by atoms with Gasteiger partial charge in [-0.3, -0.25) is 14.4 Å². The van der Waals surface area contributed by atoms with Crippen molar-refractivity contribution in [3.63, 3.8) is 0 Å². The standard InChI is InChI=1S/C24H34O6/c1-13(18-14(2)19(25)24(7,29)16(18)4)11-9-8-10-12-23(6)17(5)22(28)30-20(23)15(3)21(26)27/h8-12,14-18,20,29H,1-7H3,(H,26,27)/t14-,15+,16+,17-,18-,20-,23+,24+/m0/s1. The monoisotopic (exact) mass is 418 g/mol. The zero-order valence-corrected chi connectivity index (χ0v) is 18.9. The van der Waals surface area contributed by atoms with Crippen molar-refractivity contribution in [2.24, 2.45) is 35.0 Å². The molecule has 0 bridgehead atoms. The summed E-state index contributed by atoms with van der Waals surface area (Å²) in [5, 5.41) is 19.8. The van der Waals surface area contributed by atoms with Crippen molar-refractivity contribution < 1.29 is 29.3 Å². The third kappa shape index (κ3) is 4.02. The number of cyclic esters (lactones) is 1. The Balaban J connectivity index is 2.16. The summed E-state index contributed by atoms with van der Waals surface area (Å²) in [6.07, 6.45) is 8.50. The average Bonchev–Trinajstić information content (AvgIpc) is 2.98. The summed E-state index contributed by atoms with van der Waals surface area (Å²) in [6.45, 7) is 12.4. The molecule has 2 fully saturated rings. The number of carboxylic acid groups (broad SMARTS) is 1. The fraction of sp³-hybridized carbons (Fsp3) is 0.625. The predicted molar refractivity (Wildman–Crippen MR) is 113 cm³/mol. The van der Waals surface area contributed by atoms with Gasteiger partial charge in [-0.1, -0.05) is 63.6 Å². The molecule has 1 saturated carbocycles. The fourth-order valence-corrected chi connectivity index (χ4v) is 4.93. The van der Waals surface area contributed by atoms with Crippen molar-refractivity contribution in [1.29, 1.82) is 0 Å². The Hall–Kier alpha value is -2.21. The number of aliphatic carboxylic acids is 1. The average molecular weight is 419 g/mol. The van der Waals surface area contributed by atoms with Crippen LogP contribution in [0.15, 0.2) is 36.0 Å². The molecule has 2 N–H and O–H groups in total. The van der Waals surface area contributed by atoms with Gasteiger partial charge in [-0.05, 0) is 32.6 Å². The summed E-state index contributed by atoms with van der Waals surface area (Å²) in [5.41, 5.74) is -1.02. The minimum Gasteiger partial charge on any atom is -0.481 e. The topological polar surface area (TPSA) is 101 Å². The molecular weight excluding hydrogens is 384 g/mol. The molecule has 0 spiro atoms. The lowest BCUT2D eigenvalue weighted by Gasteiger charge is -2.30. The summed E-state index contributed by atoms with van der Waals surface area (Å²) in [5.74, 6) is -3.20. The highest BCUT2D eigenvalue weighted by atomic mass is 16.6. The molecule has 1 saturated heterocycles. The highest BCUT2D eigenvalue weighted by Crippen LogP contribution is 2.46. The Morgan fingerprint density at radius 2 is 1.73 bits per heavy atom. The Morgan fingerprint density at radius 3 is 2.23 bits per heavy atom. The Morgan fingerprint density at radius 1 is 1.13 bits per heavy atom. The Kier molecular flexibility index (Phi) is 6.82. The summed E-state index contributed by atoms with van der Waals surface area (Å²) in [4.78, 5) is 35.8. The SMILES string of the molecule is CC(=CC=CC=C[C@]1(C)[C@@H](C)C(=O)O[C@H]1[C@@H](C)C(=O)O)[C@H]1[C@H](C)C(=O)[C@](C)(O)[C@@H]1C. The van der Waals surface area contributed by atoms with E-state index in [9.17, 15) is 24.6 Å². The van der Waals surface area contributed by atoms with Crippen molar-refractivity contribution in [1.82, 2.24) is 0 Å². The number of hydrogen-bond donors (Lipinski definition) is 2. The number of allylic oxidation sites excluding steroid dienone is 5. The Labute approximate surface area is 178 Å². The van der Waals surface area contributed by atoms with Crippen LogP contribution in [0.4, 0.5) is 0 Å². The smallest absolute Gasteiger partial charge is 0.310 e. The van der Waals surface area contributed by atoms with Gasteiger partial charge in [0.1, 0.15) is 11.7 Å². The van der Waals surface area contributed by atoms with E-state index in [4.69, 9.17) is 4.74 Å². The van der Waals surface area contributed by atoms with Crippen molar-refractivity contribution in [3.05, 3.63) is 36.0 Å². The zero-order chi connectivity index (χ0) is 23.0. The number of Topliss-reactive ketones (excluding diaryl/α,β-unsaturated/α-hetero) is 1. The molecule has 2 rings (SSSR count). The first-order valence-corrected chi connectivity index (χ1v) is 10.5. The lowest BCUT2D eigenvalue weighted by Crippen LogP contribution is -2.38. The lowest BCUT2D eigenvalue weighted by atomic mass is 9.72. The van der Waals surface area contributed by atoms with Crippen LogP contribution in [0.2, 0.25) is 0 Å². The molecule has 0 amide bonds. The van der Waals surface area contributed by atoms with E-state index >= 15 is 0 Å². The van der Waals surface area contributed by atoms with Crippen molar-refractivity contribution in [2.75, 3.05) is 0 Å². The normalized spacial score (nSPS) is 41.1. The number of carbonyl (C=O) groups is 3. The first-order chi connectivity index (χ1) is 13.8. The van der Waals surface area contributed by atoms with Gasteiger partial charge in [0.15, 0.2) is 5.78 Å². The number of carbonyl (C=O) groups excluding carboxylic acids is 2. The number of hydrogen-bond acceptors (Lipinski definition) is 5. The van der Waals surface area contributed by atoms with Crippen molar-refractivity contribution in [2.45, 2.75) is 60.2 Å². The quantitative estimate of drug-likeness (QED) is 0.505. The van der Waals surface area contributed by atoms with Gasteiger partial charge >= 0.3 is 11.9 Å². The summed E-state index contributed by atoms with van der Waals surface area (Å²) < 4.78 is 5.37. The highest BCUT2D eigenvalue weighted by molar-refractivity contribution is 5.92. The van der Waals surface area contributed by atoms with Crippen LogP contribution in [0.5, 0.6) is 0 Å². The maximum Gasteiger partial charge on any atom is 0.310 e. The van der Waals surface area contributed by atoms with E-state index in [1.165, 1.54) is 0 Å². The van der Waals surface area contributed by atoms with Crippen LogP contribution in [-0.2, 0) is 19.1 Å². The first kappa shape index (κ1) is 24.1. The number of aliphatic hydroxyl groups is 1. The number of esters is 1. The van der Waals surface area contributed by atoms with Crippen LogP contribution in [0.1, 0.15) is 48.5 Å². The fourth-order valence-electron chi connectivity index (χ4n) is 4.93. The molecule has 0 aromatic carbocycles. The molecule has 30 heavy (non-hydrogen) atoms. The Bertz CT molecular complexity index is 805. The molecule has 0 unspecified atom stereocenters. The van der Waals surface area contributed by atoms with Gasteiger partial charge in [0.2, 0.25) is 0 Å². The minimum absolute atomic E-state index is 0.0275. The molecule has 1 aliphatic carbocycles. The van der Waals surface area contributed by atoms with E-state index in [1.54, 1.807) is 26.8 Å². The predicted octanol–water partition coefficient (Wildman–Crippen LogP) is 3.56. The van der Waals surface area contributed by atoms with Gasteiger partial charge in [-0.25, -0.2) is 0 Å². The summed E-state index contributed by atoms with van der Waals surface area (Å²) in [7, 11) is 0. The second-order valence-electron chi connectivity index (χ2n) is 9.34. The molecular formula is C24H34O6. The molecule has 0 aromatic rings. The van der Waals surface area contributed by atoms with Crippen LogP contribution in [0, 0.1) is 35.0 Å². The van der Waals surface area contributed by atoms with Crippen LogP contribution in [0.3, 0.4) is 0 Å². The second-order valence-corrected chi connectivity index (χ2v) is 9.34. The van der Waals surface area contributed by atoms with E-state index in [0.717, 1.165) is 5.57 Å². The second kappa shape index (κ2) is 8.50. The van der Waals surface area contributed by atoms with E-state index in [-0.39, 0.29) is 29.5 Å². The van der Waals surface area contributed by atoms with Gasteiger partial charge in [0.05, 0.1) is 11.8 Å². The van der Waals surface area contributed by atoms with Gasteiger partial charge in [-0.2, -0.15) is 0 Å². The van der Waals surface area contributed by atoms with Crippen molar-refractivity contribution >= 4 is 17.7 Å². The van der Waals surface area contributed by atoms with E-state index in [2.05, 4.69) is 0 Å². The van der Waals surface area contributed by atoms with Crippen LogP contribution in [0.25, 0.3) is 0 Å². The summed E-state index contributed by atoms with van der Waals surface area (Å²) >= 11 is 0. The van der Waals surface area contributed by atoms with Crippen LogP contribution >= 0.6 is 0 Å². The van der Waals surface area contributed by atoms with Gasteiger partial charge in [0, 0.05) is 11.3 Å². The minimum atomic E-state index is -1.31. The van der Waals surface area contributed by atoms with E-state index in [0.29, 0.717) is 0 Å². The molecule has 1 aliphatic heterocycles. The number of ketones is 1. The molecule has 1 heterocycles. The largest absolute Gasteiger partial charge is 0.481 e. The molecule has 166 valence electrons. The molecule has 6 heteroatoms. The molecule has 8 atom stereocenters. The zero-order valence-electron chi connectivity index (χ0n) is 18.9. The molecule has 2 aliphatic rings. The number of rotatable bonds is 6. The van der Waals surface area contributed by atoms with Gasteiger partial charge < -0.3 is 14.9 Å². The maximum atomic E-state index is 12.3. The third-order valence-electron chi connectivity index (χ3n) is 7.43.